The summed E-state index contributed by atoms with van der Waals surface area (Å²) in [6.07, 6.45) is 0.716. The molecule has 0 spiro atoms. The Labute approximate surface area is 175 Å². The maximum Gasteiger partial charge on any atom is 0.294 e. The van der Waals surface area contributed by atoms with Crippen LogP contribution in [0.3, 0.4) is 0 Å². The number of aliphatic hydroxyl groups is 1. The lowest BCUT2D eigenvalue weighted by atomic mass is 9.96. The standard InChI is InChI=1S/C25H23NO4/c1-16-7-6-10-19(15-16)26-23(21-14-11-17(2)30-21)22(24(28)25(26)29)20(27)13-12-18-8-4-3-5-9-18/h3-11,14-15,23,28H,12-13H2,1-2H3. The molecule has 1 aromatic heterocycles. The van der Waals surface area contributed by atoms with Crippen LogP contribution in [0.1, 0.15) is 35.1 Å². The van der Waals surface area contributed by atoms with Gasteiger partial charge in [-0.05, 0) is 55.7 Å². The average molecular weight is 401 g/mol. The summed E-state index contributed by atoms with van der Waals surface area (Å²) < 4.78 is 5.80. The number of ketones is 1. The molecule has 1 N–H and O–H groups in total. The van der Waals surface area contributed by atoms with Crippen LogP contribution >= 0.6 is 0 Å². The lowest BCUT2D eigenvalue weighted by Crippen LogP contribution is -2.30. The van der Waals surface area contributed by atoms with Gasteiger partial charge < -0.3 is 9.52 Å². The van der Waals surface area contributed by atoms with E-state index in [1.54, 1.807) is 25.1 Å². The number of carbonyl (C=O) groups is 2. The third-order valence-corrected chi connectivity index (χ3v) is 5.30. The molecule has 2 aromatic carbocycles. The van der Waals surface area contributed by atoms with E-state index in [0.717, 1.165) is 11.1 Å². The largest absolute Gasteiger partial charge is 0.503 e. The predicted octanol–water partition coefficient (Wildman–Crippen LogP) is 5.00. The molecule has 0 fully saturated rings. The lowest BCUT2D eigenvalue weighted by molar-refractivity contribution is -0.118. The van der Waals surface area contributed by atoms with Gasteiger partial charge in [-0.25, -0.2) is 0 Å². The SMILES string of the molecule is Cc1cccc(N2C(=O)C(O)=C(C(=O)CCc3ccccc3)C2c2ccc(C)o2)c1. The van der Waals surface area contributed by atoms with Gasteiger partial charge in [0.2, 0.25) is 0 Å². The summed E-state index contributed by atoms with van der Waals surface area (Å²) in [6, 6.07) is 19.8. The summed E-state index contributed by atoms with van der Waals surface area (Å²) in [5.74, 6) is -0.242. The number of Topliss-reactive ketones (excluding diaryl/α,β-unsaturated/α-hetero) is 1. The van der Waals surface area contributed by atoms with E-state index >= 15 is 0 Å². The van der Waals surface area contributed by atoms with E-state index < -0.39 is 17.7 Å². The Bertz CT molecular complexity index is 1130. The van der Waals surface area contributed by atoms with Gasteiger partial charge in [0.15, 0.2) is 11.5 Å². The summed E-state index contributed by atoms with van der Waals surface area (Å²) in [7, 11) is 0. The van der Waals surface area contributed by atoms with Crippen LogP contribution in [0, 0.1) is 13.8 Å². The number of hydrogen-bond donors (Lipinski definition) is 1. The van der Waals surface area contributed by atoms with Crippen LogP contribution in [0.4, 0.5) is 5.69 Å². The third-order valence-electron chi connectivity index (χ3n) is 5.30. The molecule has 4 rings (SSSR count). The highest BCUT2D eigenvalue weighted by Gasteiger charge is 2.45. The van der Waals surface area contributed by atoms with Crippen molar-refractivity contribution in [1.29, 1.82) is 0 Å². The van der Waals surface area contributed by atoms with Crippen LogP contribution in [-0.4, -0.2) is 16.8 Å². The molecular weight excluding hydrogens is 378 g/mol. The van der Waals surface area contributed by atoms with E-state index in [-0.39, 0.29) is 17.8 Å². The number of rotatable bonds is 6. The smallest absolute Gasteiger partial charge is 0.294 e. The van der Waals surface area contributed by atoms with Gasteiger partial charge in [0.05, 0.1) is 5.57 Å². The molecule has 1 aliphatic heterocycles. The molecule has 0 bridgehead atoms. The first-order valence-corrected chi connectivity index (χ1v) is 9.92. The molecule has 152 valence electrons. The van der Waals surface area contributed by atoms with Crippen molar-refractivity contribution < 1.29 is 19.1 Å². The molecule has 30 heavy (non-hydrogen) atoms. The zero-order chi connectivity index (χ0) is 21.3. The Morgan fingerprint density at radius 2 is 1.80 bits per heavy atom. The highest BCUT2D eigenvalue weighted by Crippen LogP contribution is 2.42. The van der Waals surface area contributed by atoms with Crippen molar-refractivity contribution in [2.75, 3.05) is 4.90 Å². The van der Waals surface area contributed by atoms with Crippen molar-refractivity contribution in [3.8, 4) is 0 Å². The van der Waals surface area contributed by atoms with Gasteiger partial charge in [-0.3, -0.25) is 14.5 Å². The van der Waals surface area contributed by atoms with Gasteiger partial charge in [0, 0.05) is 12.1 Å². The zero-order valence-corrected chi connectivity index (χ0v) is 17.0. The number of furan rings is 1. The summed E-state index contributed by atoms with van der Waals surface area (Å²) >= 11 is 0. The van der Waals surface area contributed by atoms with Gasteiger partial charge in [0.1, 0.15) is 17.6 Å². The number of nitrogens with zero attached hydrogens (tertiary/aromatic N) is 1. The topological polar surface area (TPSA) is 70.8 Å². The molecule has 1 unspecified atom stereocenters. The fourth-order valence-electron chi connectivity index (χ4n) is 3.84. The number of aryl methyl sites for hydroxylation is 3. The number of benzene rings is 2. The Morgan fingerprint density at radius 3 is 2.47 bits per heavy atom. The second-order valence-corrected chi connectivity index (χ2v) is 7.54. The molecule has 0 aliphatic carbocycles. The van der Waals surface area contributed by atoms with Gasteiger partial charge in [-0.15, -0.1) is 0 Å². The first kappa shape index (κ1) is 19.7. The van der Waals surface area contributed by atoms with Crippen molar-refractivity contribution >= 4 is 17.4 Å². The minimum atomic E-state index is -0.795. The number of anilines is 1. The highest BCUT2D eigenvalue weighted by molar-refractivity contribution is 6.16. The Kier molecular flexibility index (Phi) is 5.27. The van der Waals surface area contributed by atoms with Crippen LogP contribution < -0.4 is 4.90 Å². The zero-order valence-electron chi connectivity index (χ0n) is 17.0. The summed E-state index contributed by atoms with van der Waals surface area (Å²) in [4.78, 5) is 27.6. The van der Waals surface area contributed by atoms with Gasteiger partial charge in [-0.1, -0.05) is 42.5 Å². The Morgan fingerprint density at radius 1 is 1.03 bits per heavy atom. The Balaban J connectivity index is 1.71. The number of carbonyl (C=O) groups excluding carboxylic acids is 2. The fourth-order valence-corrected chi connectivity index (χ4v) is 3.84. The van der Waals surface area contributed by atoms with Crippen molar-refractivity contribution in [2.45, 2.75) is 32.7 Å². The minimum Gasteiger partial charge on any atom is -0.503 e. The molecule has 5 nitrogen and oxygen atoms in total. The Hall–Kier alpha value is -3.60. The number of hydrogen-bond acceptors (Lipinski definition) is 4. The molecule has 1 amide bonds. The monoisotopic (exact) mass is 401 g/mol. The van der Waals surface area contributed by atoms with Gasteiger partial charge in [0.25, 0.3) is 5.91 Å². The molecule has 0 saturated carbocycles. The number of aliphatic hydroxyl groups excluding tert-OH is 1. The quantitative estimate of drug-likeness (QED) is 0.631. The molecule has 5 heteroatoms. The normalized spacial score (nSPS) is 16.4. The first-order chi connectivity index (χ1) is 14.5. The van der Waals surface area contributed by atoms with E-state index in [1.165, 1.54) is 4.90 Å². The second kappa shape index (κ2) is 8.03. The van der Waals surface area contributed by atoms with Crippen LogP contribution in [0.25, 0.3) is 0 Å². The van der Waals surface area contributed by atoms with E-state index in [2.05, 4.69) is 0 Å². The summed E-state index contributed by atoms with van der Waals surface area (Å²) in [5.41, 5.74) is 2.69. The first-order valence-electron chi connectivity index (χ1n) is 9.92. The van der Waals surface area contributed by atoms with Gasteiger partial charge >= 0.3 is 0 Å². The van der Waals surface area contributed by atoms with Crippen LogP contribution in [0.15, 0.2) is 82.5 Å². The molecule has 1 atom stereocenters. The molecule has 3 aromatic rings. The second-order valence-electron chi connectivity index (χ2n) is 7.54. The molecule has 0 radical (unpaired) electrons. The molecule has 1 aliphatic rings. The fraction of sp³-hybridized carbons (Fsp3) is 0.200. The summed E-state index contributed by atoms with van der Waals surface area (Å²) in [6.45, 7) is 3.73. The van der Waals surface area contributed by atoms with Crippen molar-refractivity contribution in [3.63, 3.8) is 0 Å². The van der Waals surface area contributed by atoms with Crippen molar-refractivity contribution in [3.05, 3.63) is 101 Å². The predicted molar refractivity (Wildman–Crippen MR) is 114 cm³/mol. The van der Waals surface area contributed by atoms with Crippen LogP contribution in [0.2, 0.25) is 0 Å². The number of amides is 1. The maximum absolute atomic E-state index is 13.2. The molecule has 0 saturated heterocycles. The minimum absolute atomic E-state index is 0.0896. The highest BCUT2D eigenvalue weighted by atomic mass is 16.3. The third kappa shape index (κ3) is 3.66. The van der Waals surface area contributed by atoms with Gasteiger partial charge in [-0.2, -0.15) is 0 Å². The van der Waals surface area contributed by atoms with Crippen molar-refractivity contribution in [2.24, 2.45) is 0 Å². The van der Waals surface area contributed by atoms with Crippen LogP contribution in [0.5, 0.6) is 0 Å². The maximum atomic E-state index is 13.2. The molecule has 2 heterocycles. The van der Waals surface area contributed by atoms with E-state index in [4.69, 9.17) is 4.42 Å². The van der Waals surface area contributed by atoms with E-state index in [0.29, 0.717) is 23.6 Å². The lowest BCUT2D eigenvalue weighted by Gasteiger charge is -2.25. The molecular formula is C25H23NO4. The van der Waals surface area contributed by atoms with Crippen LogP contribution in [-0.2, 0) is 16.0 Å². The van der Waals surface area contributed by atoms with E-state index in [9.17, 15) is 14.7 Å². The average Bonchev–Trinajstić information content (AvgIpc) is 3.28. The van der Waals surface area contributed by atoms with Crippen molar-refractivity contribution in [1.82, 2.24) is 0 Å². The van der Waals surface area contributed by atoms with E-state index in [1.807, 2.05) is 55.5 Å². The summed E-state index contributed by atoms with van der Waals surface area (Å²) in [5, 5.41) is 10.7.